The Morgan fingerprint density at radius 1 is 0.950 bits per heavy atom. The number of hydrogen-bond donors (Lipinski definition) is 1. The van der Waals surface area contributed by atoms with Gasteiger partial charge in [-0.15, -0.1) is 0 Å². The van der Waals surface area contributed by atoms with Crippen molar-refractivity contribution in [3.05, 3.63) is 0 Å². The van der Waals surface area contributed by atoms with Gasteiger partial charge in [0.15, 0.2) is 0 Å². The van der Waals surface area contributed by atoms with E-state index >= 15 is 0 Å². The van der Waals surface area contributed by atoms with E-state index < -0.39 is 5.92 Å². The van der Waals surface area contributed by atoms with Crippen molar-refractivity contribution in [1.29, 1.82) is 0 Å². The van der Waals surface area contributed by atoms with E-state index in [4.69, 9.17) is 0 Å². The number of halogens is 2. The van der Waals surface area contributed by atoms with Gasteiger partial charge in [-0.25, -0.2) is 8.78 Å². The Labute approximate surface area is 123 Å². The first-order valence-corrected chi connectivity index (χ1v) is 8.61. The number of aliphatic hydroxyl groups is 1. The lowest BCUT2D eigenvalue weighted by molar-refractivity contribution is -0.0631. The predicted molar refractivity (Wildman–Crippen MR) is 80.1 cm³/mol. The Morgan fingerprint density at radius 2 is 1.45 bits per heavy atom. The topological polar surface area (TPSA) is 20.2 Å². The highest BCUT2D eigenvalue weighted by molar-refractivity contribution is 4.81. The Hall–Kier alpha value is -0.180. The van der Waals surface area contributed by atoms with E-state index in [0.717, 1.165) is 12.8 Å². The van der Waals surface area contributed by atoms with Gasteiger partial charge in [0, 0.05) is 12.8 Å². The molecule has 0 aromatic carbocycles. The fourth-order valence-electron chi connectivity index (χ4n) is 3.17. The standard InChI is InChI=1S/C17H32F2O/c1-2-3-4-5-6-7-8-9-10-16(20)15-11-13-17(18,19)14-12-15/h15-16,20H,2-14H2,1H3. The van der Waals surface area contributed by atoms with E-state index in [-0.39, 0.29) is 24.9 Å². The Bertz CT molecular complexity index is 233. The summed E-state index contributed by atoms with van der Waals surface area (Å²) in [5.41, 5.74) is 0. The van der Waals surface area contributed by atoms with Gasteiger partial charge in [-0.2, -0.15) is 0 Å². The second-order valence-electron chi connectivity index (χ2n) is 6.52. The second-order valence-corrected chi connectivity index (χ2v) is 6.52. The summed E-state index contributed by atoms with van der Waals surface area (Å²) in [5.74, 6) is -2.37. The molecule has 1 nitrogen and oxygen atoms in total. The van der Waals surface area contributed by atoms with Crippen LogP contribution in [-0.2, 0) is 0 Å². The van der Waals surface area contributed by atoms with Crippen LogP contribution in [0.3, 0.4) is 0 Å². The Balaban J connectivity index is 1.96. The Kier molecular flexibility index (Phi) is 8.67. The van der Waals surface area contributed by atoms with E-state index in [0.29, 0.717) is 12.8 Å². The zero-order chi connectivity index (χ0) is 14.8. The second kappa shape index (κ2) is 9.70. The maximum atomic E-state index is 13.0. The van der Waals surface area contributed by atoms with Crippen LogP contribution in [0.4, 0.5) is 8.78 Å². The van der Waals surface area contributed by atoms with Crippen molar-refractivity contribution in [3.63, 3.8) is 0 Å². The zero-order valence-electron chi connectivity index (χ0n) is 13.1. The van der Waals surface area contributed by atoms with Gasteiger partial charge in [-0.3, -0.25) is 0 Å². The van der Waals surface area contributed by atoms with Crippen molar-refractivity contribution in [1.82, 2.24) is 0 Å². The fourth-order valence-corrected chi connectivity index (χ4v) is 3.17. The summed E-state index contributed by atoms with van der Waals surface area (Å²) in [6.07, 6.45) is 11.4. The van der Waals surface area contributed by atoms with Crippen LogP contribution < -0.4 is 0 Å². The third-order valence-corrected chi connectivity index (χ3v) is 4.66. The van der Waals surface area contributed by atoms with Crippen molar-refractivity contribution in [2.24, 2.45) is 5.92 Å². The summed E-state index contributed by atoms with van der Waals surface area (Å²) in [7, 11) is 0. The number of unbranched alkanes of at least 4 members (excludes halogenated alkanes) is 7. The molecule has 0 bridgehead atoms. The van der Waals surface area contributed by atoms with Gasteiger partial charge in [0.2, 0.25) is 5.92 Å². The first kappa shape index (κ1) is 17.9. The summed E-state index contributed by atoms with van der Waals surface area (Å²) in [4.78, 5) is 0. The van der Waals surface area contributed by atoms with Crippen LogP contribution in [0.25, 0.3) is 0 Å². The molecule has 1 rings (SSSR count). The molecule has 20 heavy (non-hydrogen) atoms. The summed E-state index contributed by atoms with van der Waals surface area (Å²) in [6.45, 7) is 2.22. The molecule has 0 spiro atoms. The summed E-state index contributed by atoms with van der Waals surface area (Å²) >= 11 is 0. The van der Waals surface area contributed by atoms with Crippen molar-refractivity contribution in [2.75, 3.05) is 0 Å². The minimum atomic E-state index is -2.48. The molecule has 1 N–H and O–H groups in total. The van der Waals surface area contributed by atoms with Gasteiger partial charge in [-0.05, 0) is 25.2 Å². The molecule has 0 aromatic rings. The van der Waals surface area contributed by atoms with Crippen LogP contribution in [0, 0.1) is 5.92 Å². The first-order valence-electron chi connectivity index (χ1n) is 8.61. The van der Waals surface area contributed by atoms with Gasteiger partial charge >= 0.3 is 0 Å². The summed E-state index contributed by atoms with van der Waals surface area (Å²) < 4.78 is 26.1. The minimum Gasteiger partial charge on any atom is -0.393 e. The molecule has 1 atom stereocenters. The van der Waals surface area contributed by atoms with Gasteiger partial charge < -0.3 is 5.11 Å². The lowest BCUT2D eigenvalue weighted by Crippen LogP contribution is -2.31. The smallest absolute Gasteiger partial charge is 0.248 e. The van der Waals surface area contributed by atoms with Crippen LogP contribution in [0.5, 0.6) is 0 Å². The van der Waals surface area contributed by atoms with Crippen molar-refractivity contribution in [3.8, 4) is 0 Å². The van der Waals surface area contributed by atoms with E-state index in [1.165, 1.54) is 44.9 Å². The van der Waals surface area contributed by atoms with Crippen LogP contribution in [0.2, 0.25) is 0 Å². The maximum Gasteiger partial charge on any atom is 0.248 e. The van der Waals surface area contributed by atoms with Gasteiger partial charge in [-0.1, -0.05) is 58.3 Å². The monoisotopic (exact) mass is 290 g/mol. The predicted octanol–water partition coefficient (Wildman–Crippen LogP) is 5.70. The van der Waals surface area contributed by atoms with E-state index in [2.05, 4.69) is 6.92 Å². The summed E-state index contributed by atoms with van der Waals surface area (Å²) in [6, 6.07) is 0. The molecule has 1 aliphatic carbocycles. The molecular formula is C17H32F2O. The maximum absolute atomic E-state index is 13.0. The number of alkyl halides is 2. The Morgan fingerprint density at radius 3 is 2.00 bits per heavy atom. The number of hydrogen-bond acceptors (Lipinski definition) is 1. The molecule has 1 unspecified atom stereocenters. The van der Waals surface area contributed by atoms with Gasteiger partial charge in [0.25, 0.3) is 0 Å². The molecule has 0 radical (unpaired) electrons. The van der Waals surface area contributed by atoms with Crippen molar-refractivity contribution < 1.29 is 13.9 Å². The first-order chi connectivity index (χ1) is 9.55. The normalized spacial score (nSPS) is 21.0. The average molecular weight is 290 g/mol. The lowest BCUT2D eigenvalue weighted by Gasteiger charge is -2.31. The van der Waals surface area contributed by atoms with Crippen molar-refractivity contribution >= 4 is 0 Å². The molecular weight excluding hydrogens is 258 g/mol. The van der Waals surface area contributed by atoms with Gasteiger partial charge in [0.05, 0.1) is 6.10 Å². The SMILES string of the molecule is CCCCCCCCCCC(O)C1CCC(F)(F)CC1. The third kappa shape index (κ3) is 7.56. The van der Waals surface area contributed by atoms with E-state index in [1.807, 2.05) is 0 Å². The third-order valence-electron chi connectivity index (χ3n) is 4.66. The molecule has 3 heteroatoms. The fraction of sp³-hybridized carbons (Fsp3) is 1.00. The molecule has 0 heterocycles. The highest BCUT2D eigenvalue weighted by Gasteiger charge is 2.36. The molecule has 120 valence electrons. The largest absolute Gasteiger partial charge is 0.393 e. The molecule has 0 aliphatic heterocycles. The van der Waals surface area contributed by atoms with Crippen LogP contribution >= 0.6 is 0 Å². The van der Waals surface area contributed by atoms with Crippen LogP contribution in [0.1, 0.15) is 90.4 Å². The molecule has 1 fully saturated rings. The molecule has 0 saturated heterocycles. The van der Waals surface area contributed by atoms with Crippen molar-refractivity contribution in [2.45, 2.75) is 102 Å². The number of rotatable bonds is 10. The quantitative estimate of drug-likeness (QED) is 0.511. The lowest BCUT2D eigenvalue weighted by atomic mass is 9.82. The highest BCUT2D eigenvalue weighted by Crippen LogP contribution is 2.38. The zero-order valence-corrected chi connectivity index (χ0v) is 13.1. The van der Waals surface area contributed by atoms with E-state index in [1.54, 1.807) is 0 Å². The molecule has 0 amide bonds. The highest BCUT2D eigenvalue weighted by atomic mass is 19.3. The van der Waals surface area contributed by atoms with Crippen LogP contribution in [-0.4, -0.2) is 17.1 Å². The minimum absolute atomic E-state index is 0.0356. The summed E-state index contributed by atoms with van der Waals surface area (Å²) in [5, 5.41) is 10.1. The number of aliphatic hydroxyl groups excluding tert-OH is 1. The molecule has 1 saturated carbocycles. The molecule has 0 aromatic heterocycles. The average Bonchev–Trinajstić information content (AvgIpc) is 2.41. The van der Waals surface area contributed by atoms with Gasteiger partial charge in [0.1, 0.15) is 0 Å². The molecule has 1 aliphatic rings. The van der Waals surface area contributed by atoms with Crippen LogP contribution in [0.15, 0.2) is 0 Å². The van der Waals surface area contributed by atoms with E-state index in [9.17, 15) is 13.9 Å².